The molecule has 0 unspecified atom stereocenters. The summed E-state index contributed by atoms with van der Waals surface area (Å²) in [7, 11) is 0. The van der Waals surface area contributed by atoms with Crippen LogP contribution in [0.3, 0.4) is 0 Å². The summed E-state index contributed by atoms with van der Waals surface area (Å²) in [5.74, 6) is 3.71. The Morgan fingerprint density at radius 3 is 0.771 bits per heavy atom. The van der Waals surface area contributed by atoms with Crippen molar-refractivity contribution in [2.75, 3.05) is 57.5 Å². The van der Waals surface area contributed by atoms with Gasteiger partial charge < -0.3 is 48.2 Å². The van der Waals surface area contributed by atoms with Crippen LogP contribution in [0.1, 0.15) is 19.8 Å². The van der Waals surface area contributed by atoms with Crippen LogP contribution in [0, 0.1) is 5.41 Å². The fourth-order valence-corrected chi connectivity index (χ4v) is 13.9. The van der Waals surface area contributed by atoms with Crippen LogP contribution in [0.5, 0.6) is 28.7 Å². The highest BCUT2D eigenvalue weighted by Crippen LogP contribution is 2.44. The van der Waals surface area contributed by atoms with Crippen molar-refractivity contribution in [1.82, 2.24) is 0 Å². The summed E-state index contributed by atoms with van der Waals surface area (Å²) in [4.78, 5) is 11.3. The lowest BCUT2D eigenvalue weighted by Gasteiger charge is -2.37. The summed E-state index contributed by atoms with van der Waals surface area (Å²) in [5.41, 5.74) is 20.1. The topological polar surface area (TPSA) is 62.4 Å². The quantitative estimate of drug-likeness (QED) is 0.0424. The molecule has 10 nitrogen and oxygen atoms in total. The molecule has 1 fully saturated rings. The monoisotopic (exact) mass is 1420 g/mol. The van der Waals surface area contributed by atoms with Gasteiger partial charge in [-0.3, -0.25) is 0 Å². The fraction of sp³-hybridized carbons (Fsp3) is 0.0909. The number of para-hydroxylation sites is 6. The Labute approximate surface area is 639 Å². The van der Waals surface area contributed by atoms with Gasteiger partial charge in [0.15, 0.2) is 0 Å². The summed E-state index contributed by atoms with van der Waals surface area (Å²) in [5, 5.41) is 0. The third-order valence-electron chi connectivity index (χ3n) is 19.5. The highest BCUT2D eigenvalue weighted by molar-refractivity contribution is 5.85. The molecule has 15 aromatic rings. The smallest absolute Gasteiger partial charge is 0.129 e. The van der Waals surface area contributed by atoms with Crippen LogP contribution in [-0.4, -0.2) is 33.0 Å². The van der Waals surface area contributed by atoms with Gasteiger partial charge >= 0.3 is 0 Å². The molecular formula is C99H83N5O5. The van der Waals surface area contributed by atoms with Gasteiger partial charge in [0.2, 0.25) is 0 Å². The molecule has 1 aliphatic heterocycles. The van der Waals surface area contributed by atoms with Crippen LogP contribution in [0.4, 0.5) is 85.3 Å². The molecule has 16 rings (SSSR count). The van der Waals surface area contributed by atoms with Gasteiger partial charge in [0.05, 0.1) is 26.4 Å². The second-order valence-electron chi connectivity index (χ2n) is 27.5. The van der Waals surface area contributed by atoms with Crippen LogP contribution in [0.25, 0.3) is 22.3 Å². The van der Waals surface area contributed by atoms with Crippen molar-refractivity contribution in [2.24, 2.45) is 5.41 Å². The molecule has 0 radical (unpaired) electrons. The minimum Gasteiger partial charge on any atom is -0.494 e. The predicted octanol–water partition coefficient (Wildman–Crippen LogP) is 27.2. The second kappa shape index (κ2) is 33.4. The first-order chi connectivity index (χ1) is 53.9. The fourth-order valence-electron chi connectivity index (χ4n) is 13.9. The largest absolute Gasteiger partial charge is 0.494 e. The van der Waals surface area contributed by atoms with Crippen LogP contribution in [0.15, 0.2) is 400 Å². The molecule has 1 saturated heterocycles. The molecule has 0 aromatic heterocycles. The van der Waals surface area contributed by atoms with Gasteiger partial charge in [-0.05, 0) is 253 Å². The van der Waals surface area contributed by atoms with E-state index in [-0.39, 0.29) is 5.41 Å². The molecule has 15 aromatic carbocycles. The minimum absolute atomic E-state index is 0.135. The lowest BCUT2D eigenvalue weighted by Crippen LogP contribution is -2.43. The third kappa shape index (κ3) is 16.8. The summed E-state index contributed by atoms with van der Waals surface area (Å²) in [6, 6.07) is 139. The molecule has 10 heteroatoms. The van der Waals surface area contributed by atoms with E-state index in [1.54, 1.807) is 0 Å². The zero-order chi connectivity index (χ0) is 73.4. The molecule has 1 aliphatic rings. The molecule has 0 saturated carbocycles. The van der Waals surface area contributed by atoms with Gasteiger partial charge in [-0.25, -0.2) is 0 Å². The van der Waals surface area contributed by atoms with E-state index in [1.807, 2.05) is 72.8 Å². The van der Waals surface area contributed by atoms with E-state index >= 15 is 0 Å². The molecule has 0 N–H and O–H groups in total. The lowest BCUT2D eigenvalue weighted by atomic mass is 9.90. The van der Waals surface area contributed by atoms with Gasteiger partial charge in [-0.2, -0.15) is 0 Å². The van der Waals surface area contributed by atoms with Crippen molar-refractivity contribution < 1.29 is 23.7 Å². The maximum atomic E-state index is 6.64. The molecule has 0 aliphatic carbocycles. The van der Waals surface area contributed by atoms with Gasteiger partial charge in [-0.1, -0.05) is 177 Å². The minimum atomic E-state index is 0.135. The molecule has 0 amide bonds. The first-order valence-corrected chi connectivity index (χ1v) is 37.2. The van der Waals surface area contributed by atoms with E-state index in [2.05, 4.69) is 359 Å². The van der Waals surface area contributed by atoms with Crippen LogP contribution >= 0.6 is 0 Å². The first kappa shape index (κ1) is 70.0. The van der Waals surface area contributed by atoms with Gasteiger partial charge in [0, 0.05) is 109 Å². The number of anilines is 15. The maximum absolute atomic E-state index is 6.64. The van der Waals surface area contributed by atoms with E-state index in [0.717, 1.165) is 163 Å². The first-order valence-electron chi connectivity index (χ1n) is 37.2. The third-order valence-corrected chi connectivity index (χ3v) is 19.5. The van der Waals surface area contributed by atoms with Crippen LogP contribution in [-0.2, 0) is 9.47 Å². The van der Waals surface area contributed by atoms with Gasteiger partial charge in [-0.15, -0.1) is 0 Å². The van der Waals surface area contributed by atoms with E-state index in [1.165, 1.54) is 0 Å². The number of rotatable bonds is 29. The summed E-state index contributed by atoms with van der Waals surface area (Å²) in [6.07, 6.45) is 1.79. The van der Waals surface area contributed by atoms with Crippen LogP contribution < -0.4 is 38.7 Å². The zero-order valence-corrected chi connectivity index (χ0v) is 60.8. The highest BCUT2D eigenvalue weighted by atomic mass is 16.5. The number of hydrogen-bond donors (Lipinski definition) is 0. The molecule has 109 heavy (non-hydrogen) atoms. The number of nitrogens with zero attached hydrogens (tertiary/aromatic N) is 5. The number of unbranched alkanes of at least 4 members (excludes halogenated alkanes) is 1. The van der Waals surface area contributed by atoms with E-state index < -0.39 is 0 Å². The maximum Gasteiger partial charge on any atom is 0.129 e. The van der Waals surface area contributed by atoms with Crippen molar-refractivity contribution in [3.8, 4) is 51.0 Å². The Kier molecular flexibility index (Phi) is 21.4. The Hall–Kier alpha value is -13.4. The zero-order valence-electron chi connectivity index (χ0n) is 60.8. The average Bonchev–Trinajstić information content (AvgIpc) is 0.803. The summed E-state index contributed by atoms with van der Waals surface area (Å²) in [6.45, 7) is 5.74. The Balaban J connectivity index is 0.622. The van der Waals surface area contributed by atoms with Crippen molar-refractivity contribution in [3.05, 3.63) is 400 Å². The van der Waals surface area contributed by atoms with Crippen molar-refractivity contribution in [1.29, 1.82) is 0 Å². The predicted molar refractivity (Wildman–Crippen MR) is 448 cm³/mol. The standard InChI is InChI=1S/C99H83N5O5/c1-99(73-106-74-99)72-105-68-20-21-69-107-97-38-22-36-92(70-97)104(88-54-46-78(47-55-88)77-44-52-87(53-45-77)103(84-34-18-7-19-35-84)93-37-23-39-98(71-93)109-96-66-58-89(59-67-96)101(81-28-12-4-13-29-81)82-30-14-5-15-31-82)91-60-64-95(65-61-91)108-94-62-56-90(57-63-94)102(83-32-16-6-17-33-83)86-50-42-76(43-51-86)75-40-48-85(49-41-75)100(79-24-8-2-9-25-79)80-26-10-3-11-27-80/h2-19,22-67,70-71H,20-21,68-69,72-74H2,1H3. The summed E-state index contributed by atoms with van der Waals surface area (Å²) < 4.78 is 31.2. The van der Waals surface area contributed by atoms with Crippen molar-refractivity contribution in [2.45, 2.75) is 19.8 Å². The van der Waals surface area contributed by atoms with Crippen LogP contribution in [0.2, 0.25) is 0 Å². The van der Waals surface area contributed by atoms with Crippen molar-refractivity contribution >= 4 is 85.3 Å². The van der Waals surface area contributed by atoms with E-state index in [9.17, 15) is 0 Å². The molecule has 1 heterocycles. The highest BCUT2D eigenvalue weighted by Gasteiger charge is 2.33. The van der Waals surface area contributed by atoms with Crippen molar-refractivity contribution in [3.63, 3.8) is 0 Å². The molecule has 534 valence electrons. The number of ether oxygens (including phenoxy) is 5. The normalized spacial score (nSPS) is 12.1. The molecule has 0 spiro atoms. The molecular weight excluding hydrogens is 1340 g/mol. The Bertz CT molecular complexity index is 5280. The van der Waals surface area contributed by atoms with Gasteiger partial charge in [0.1, 0.15) is 28.7 Å². The summed E-state index contributed by atoms with van der Waals surface area (Å²) >= 11 is 0. The number of hydrogen-bond acceptors (Lipinski definition) is 10. The van der Waals surface area contributed by atoms with Gasteiger partial charge in [0.25, 0.3) is 0 Å². The lowest BCUT2D eigenvalue weighted by molar-refractivity contribution is -0.138. The second-order valence-corrected chi connectivity index (χ2v) is 27.5. The number of benzene rings is 15. The van der Waals surface area contributed by atoms with E-state index in [0.29, 0.717) is 19.0 Å². The Morgan fingerprint density at radius 2 is 0.477 bits per heavy atom. The average molecular weight is 1420 g/mol. The SMILES string of the molecule is CC1(COCCCCOc2cccc(N(c3ccc(Oc4ccc(N(c5ccccc5)c5ccc(-c6ccc(N(c7ccccc7)c7ccccc7)cc6)cc5)cc4)cc3)c3ccc(-c4ccc(N(c5ccccc5)c5cccc(Oc6ccc(N(c7ccccc7)c7ccccc7)cc6)c5)cc4)cc3)c2)COC1. The Morgan fingerprint density at radius 1 is 0.239 bits per heavy atom. The molecule has 0 atom stereocenters. The van der Waals surface area contributed by atoms with E-state index in [4.69, 9.17) is 23.7 Å². The molecule has 0 bridgehead atoms.